The van der Waals surface area contributed by atoms with Crippen molar-refractivity contribution >= 4 is 58.6 Å². The molecule has 0 spiro atoms. The molecule has 2 N–H and O–H groups in total. The Morgan fingerprint density at radius 3 is 1.71 bits per heavy atom. The van der Waals surface area contributed by atoms with E-state index in [1.807, 2.05) is 0 Å². The highest BCUT2D eigenvalue weighted by Crippen LogP contribution is 2.47. The van der Waals surface area contributed by atoms with Crippen molar-refractivity contribution in [1.82, 2.24) is 0 Å². The summed E-state index contributed by atoms with van der Waals surface area (Å²) in [5.41, 5.74) is -1.75. The summed E-state index contributed by atoms with van der Waals surface area (Å²) in [6.07, 6.45) is -8.08. The Balaban J connectivity index is 2.14. The minimum Gasteiger partial charge on any atom is -0.506 e. The maximum absolute atomic E-state index is 13.5. The van der Waals surface area contributed by atoms with Crippen LogP contribution in [0.3, 0.4) is 0 Å². The number of esters is 4. The number of halogens is 2. The van der Waals surface area contributed by atoms with Crippen molar-refractivity contribution in [3.8, 4) is 11.5 Å². The Morgan fingerprint density at radius 2 is 1.22 bits per heavy atom. The van der Waals surface area contributed by atoms with E-state index in [-0.39, 0.29) is 5.57 Å². The lowest BCUT2D eigenvalue weighted by atomic mass is 9.87. The summed E-state index contributed by atoms with van der Waals surface area (Å²) < 4.78 is 32.3. The van der Waals surface area contributed by atoms with Crippen LogP contribution in [0.25, 0.3) is 0 Å². The molecule has 1 aliphatic heterocycles. The molecule has 3 rings (SSSR count). The Morgan fingerprint density at radius 1 is 0.756 bits per heavy atom. The van der Waals surface area contributed by atoms with Crippen LogP contribution in [0.1, 0.15) is 55.3 Å². The molecule has 1 fully saturated rings. The van der Waals surface area contributed by atoms with Crippen LogP contribution in [-0.4, -0.2) is 83.0 Å². The first kappa shape index (κ1) is 31.6. The number of carbonyl (C=O) groups is 6. The first-order valence-electron chi connectivity index (χ1n) is 11.8. The zero-order valence-electron chi connectivity index (χ0n) is 22.1. The molecule has 14 nitrogen and oxygen atoms in total. The second-order valence-electron chi connectivity index (χ2n) is 8.87. The number of aromatic hydroxyl groups is 2. The molecule has 0 amide bonds. The van der Waals surface area contributed by atoms with Crippen molar-refractivity contribution in [2.24, 2.45) is 0 Å². The number of phenols is 2. The predicted molar refractivity (Wildman–Crippen MR) is 134 cm³/mol. The number of fused-ring (bicyclic) bond motifs is 1. The highest BCUT2D eigenvalue weighted by Gasteiger charge is 2.54. The Bertz CT molecular complexity index is 1370. The van der Waals surface area contributed by atoms with Gasteiger partial charge < -0.3 is 38.6 Å². The topological polar surface area (TPSA) is 198 Å². The third-order valence-electron chi connectivity index (χ3n) is 5.86. The molecule has 222 valence electrons. The second-order valence-corrected chi connectivity index (χ2v) is 9.63. The van der Waals surface area contributed by atoms with E-state index < -0.39 is 111 Å². The van der Waals surface area contributed by atoms with Gasteiger partial charge in [-0.15, -0.1) is 0 Å². The Labute approximate surface area is 242 Å². The minimum atomic E-state index is -1.85. The molecule has 41 heavy (non-hydrogen) atoms. The highest BCUT2D eigenvalue weighted by atomic mass is 35.5. The first-order valence-corrected chi connectivity index (χ1v) is 12.5. The van der Waals surface area contributed by atoms with E-state index in [0.717, 1.165) is 34.6 Å². The van der Waals surface area contributed by atoms with Crippen LogP contribution in [0.2, 0.25) is 10.0 Å². The number of allylic oxidation sites excluding steroid dienone is 2. The molecule has 1 aromatic carbocycles. The number of phenolic OH excluding ortho intramolecular Hbond substituents is 2. The van der Waals surface area contributed by atoms with Gasteiger partial charge in [-0.2, -0.15) is 0 Å². The summed E-state index contributed by atoms with van der Waals surface area (Å²) in [4.78, 5) is 74.1. The first-order chi connectivity index (χ1) is 19.1. The lowest BCUT2D eigenvalue weighted by molar-refractivity contribution is -0.299. The average Bonchev–Trinajstić information content (AvgIpc) is 2.87. The number of ether oxygens (including phenoxy) is 6. The lowest BCUT2D eigenvalue weighted by Gasteiger charge is -2.44. The van der Waals surface area contributed by atoms with Crippen molar-refractivity contribution < 1.29 is 67.4 Å². The number of hydrogen-bond acceptors (Lipinski definition) is 14. The predicted octanol–water partition coefficient (Wildman–Crippen LogP) is 2.16. The standard InChI is InChI=1S/C25H24Cl2O14/c1-7-17(32)13-14(19(34)16(27)15(26)18(13)33)20(35)21(7)41-25-24(39-11(5)31)23(38-10(4)30)22(37-9(3)29)12(40-25)6-36-8(2)28/h12,22-25,33-34H,6H2,1-5H3/t12-,22-,23+,24-,25+/m1/s1. The lowest BCUT2D eigenvalue weighted by Crippen LogP contribution is -2.63. The normalized spacial score (nSPS) is 23.8. The van der Waals surface area contributed by atoms with E-state index in [1.165, 1.54) is 0 Å². The van der Waals surface area contributed by atoms with E-state index >= 15 is 0 Å². The van der Waals surface area contributed by atoms with Crippen LogP contribution in [0.4, 0.5) is 0 Å². The largest absolute Gasteiger partial charge is 0.506 e. The Kier molecular flexibility index (Phi) is 9.51. The van der Waals surface area contributed by atoms with Gasteiger partial charge in [-0.1, -0.05) is 23.2 Å². The maximum atomic E-state index is 13.5. The summed E-state index contributed by atoms with van der Waals surface area (Å²) in [5, 5.41) is 19.7. The summed E-state index contributed by atoms with van der Waals surface area (Å²) in [6.45, 7) is 4.71. The number of carbonyl (C=O) groups excluding carboxylic acids is 6. The maximum Gasteiger partial charge on any atom is 0.303 e. The van der Waals surface area contributed by atoms with Gasteiger partial charge in [0.1, 0.15) is 34.3 Å². The zero-order valence-corrected chi connectivity index (χ0v) is 23.7. The fourth-order valence-corrected chi connectivity index (χ4v) is 4.59. The van der Waals surface area contributed by atoms with Gasteiger partial charge in [0.2, 0.25) is 18.2 Å². The van der Waals surface area contributed by atoms with Crippen LogP contribution in [0.5, 0.6) is 11.5 Å². The molecule has 1 aromatic rings. The van der Waals surface area contributed by atoms with E-state index in [2.05, 4.69) is 0 Å². The van der Waals surface area contributed by atoms with E-state index in [9.17, 15) is 39.0 Å². The monoisotopic (exact) mass is 618 g/mol. The number of hydrogen-bond donors (Lipinski definition) is 2. The van der Waals surface area contributed by atoms with Crippen LogP contribution >= 0.6 is 23.2 Å². The van der Waals surface area contributed by atoms with Crippen molar-refractivity contribution in [3.05, 3.63) is 32.5 Å². The summed E-state index contributed by atoms with van der Waals surface area (Å²) >= 11 is 11.8. The number of benzene rings is 1. The Hall–Kier alpha value is -3.88. The van der Waals surface area contributed by atoms with Crippen molar-refractivity contribution in [2.45, 2.75) is 65.3 Å². The van der Waals surface area contributed by atoms with Crippen LogP contribution in [-0.2, 0) is 47.6 Å². The van der Waals surface area contributed by atoms with Crippen LogP contribution in [0, 0.1) is 0 Å². The summed E-state index contributed by atoms with van der Waals surface area (Å²) in [5.74, 6) is -8.08. The molecule has 0 unspecified atom stereocenters. The summed E-state index contributed by atoms with van der Waals surface area (Å²) in [6, 6.07) is 0. The quantitative estimate of drug-likeness (QED) is 0.256. The van der Waals surface area contributed by atoms with Crippen molar-refractivity contribution in [3.63, 3.8) is 0 Å². The van der Waals surface area contributed by atoms with Gasteiger partial charge in [0.15, 0.2) is 23.8 Å². The van der Waals surface area contributed by atoms with Crippen molar-refractivity contribution in [2.75, 3.05) is 6.61 Å². The zero-order chi connectivity index (χ0) is 30.9. The van der Waals surface area contributed by atoms with Gasteiger partial charge in [0, 0.05) is 33.3 Å². The van der Waals surface area contributed by atoms with Gasteiger partial charge in [0.25, 0.3) is 0 Å². The SMILES string of the molecule is CC(=O)OC[C@H]1O[C@@H](OC2=C(C)C(=O)c3c(O)c(Cl)c(Cl)c(O)c3C2=O)[C@H](OC(C)=O)[C@@H](OC(C)=O)[C@@H]1OC(C)=O. The molecule has 1 aliphatic carbocycles. The molecule has 16 heteroatoms. The molecular weight excluding hydrogens is 595 g/mol. The number of ketones is 2. The van der Waals surface area contributed by atoms with Gasteiger partial charge in [-0.25, -0.2) is 0 Å². The molecular formula is C25H24Cl2O14. The molecule has 1 heterocycles. The van der Waals surface area contributed by atoms with Crippen LogP contribution < -0.4 is 0 Å². The van der Waals surface area contributed by atoms with Crippen LogP contribution in [0.15, 0.2) is 11.3 Å². The molecule has 0 bridgehead atoms. The third-order valence-corrected chi connectivity index (χ3v) is 6.69. The van der Waals surface area contributed by atoms with Gasteiger partial charge in [0.05, 0.1) is 11.1 Å². The second kappa shape index (κ2) is 12.3. The van der Waals surface area contributed by atoms with Gasteiger partial charge in [-0.05, 0) is 6.92 Å². The molecule has 0 aromatic heterocycles. The fraction of sp³-hybridized carbons (Fsp3) is 0.440. The molecule has 0 saturated carbocycles. The third kappa shape index (κ3) is 6.39. The molecule has 0 radical (unpaired) electrons. The van der Waals surface area contributed by atoms with Gasteiger partial charge >= 0.3 is 23.9 Å². The number of rotatable bonds is 7. The minimum absolute atomic E-state index is 0.386. The van der Waals surface area contributed by atoms with E-state index in [4.69, 9.17) is 51.6 Å². The molecule has 1 saturated heterocycles. The van der Waals surface area contributed by atoms with E-state index in [1.54, 1.807) is 0 Å². The fourth-order valence-electron chi connectivity index (χ4n) is 4.22. The summed E-state index contributed by atoms with van der Waals surface area (Å²) in [7, 11) is 0. The highest BCUT2D eigenvalue weighted by molar-refractivity contribution is 6.45. The molecule has 5 atom stereocenters. The van der Waals surface area contributed by atoms with Crippen molar-refractivity contribution in [1.29, 1.82) is 0 Å². The number of Topliss-reactive ketones (excluding diaryl/α,β-unsaturated/α-hetero) is 2. The van der Waals surface area contributed by atoms with E-state index in [0.29, 0.717) is 0 Å². The van der Waals surface area contributed by atoms with Gasteiger partial charge in [-0.3, -0.25) is 28.8 Å². The average molecular weight is 619 g/mol. The smallest absolute Gasteiger partial charge is 0.303 e. The molecule has 2 aliphatic rings.